The third kappa shape index (κ3) is 5.79. The number of halogens is 1. The maximum atomic E-state index is 13.0. The van der Waals surface area contributed by atoms with Gasteiger partial charge >= 0.3 is 0 Å². The Morgan fingerprint density at radius 1 is 1.40 bits per heavy atom. The molecule has 0 saturated heterocycles. The van der Waals surface area contributed by atoms with E-state index in [0.717, 1.165) is 0 Å². The lowest BCUT2D eigenvalue weighted by Gasteiger charge is -2.20. The average molecular weight is 282 g/mol. The van der Waals surface area contributed by atoms with Gasteiger partial charge in [0.05, 0.1) is 6.54 Å². The van der Waals surface area contributed by atoms with E-state index in [2.05, 4.69) is 5.32 Å². The van der Waals surface area contributed by atoms with Gasteiger partial charge < -0.3 is 15.0 Å². The number of carbonyl (C=O) groups is 2. The van der Waals surface area contributed by atoms with E-state index in [-0.39, 0.29) is 18.4 Å². The Morgan fingerprint density at radius 2 is 2.15 bits per heavy atom. The van der Waals surface area contributed by atoms with Crippen molar-refractivity contribution in [3.05, 3.63) is 30.1 Å². The Hall–Kier alpha value is -1.95. The second-order valence-electron chi connectivity index (χ2n) is 4.35. The van der Waals surface area contributed by atoms with E-state index < -0.39 is 5.82 Å². The molecule has 1 aromatic carbocycles. The molecule has 0 bridgehead atoms. The largest absolute Gasteiger partial charge is 0.385 e. The van der Waals surface area contributed by atoms with E-state index in [9.17, 15) is 14.0 Å². The molecule has 1 rings (SSSR count). The topological polar surface area (TPSA) is 58.6 Å². The molecule has 110 valence electrons. The highest BCUT2D eigenvalue weighted by atomic mass is 19.1. The Morgan fingerprint density at radius 3 is 2.75 bits per heavy atom. The van der Waals surface area contributed by atoms with Gasteiger partial charge in [0.15, 0.2) is 0 Å². The van der Waals surface area contributed by atoms with Crippen molar-refractivity contribution >= 4 is 17.5 Å². The number of hydrogen-bond donors (Lipinski definition) is 1. The summed E-state index contributed by atoms with van der Waals surface area (Å²) in [5.74, 6) is -0.968. The second-order valence-corrected chi connectivity index (χ2v) is 4.35. The summed E-state index contributed by atoms with van der Waals surface area (Å²) in [6.45, 7) is 2.31. The maximum Gasteiger partial charge on any atom is 0.243 e. The Balaban J connectivity index is 2.51. The molecule has 0 saturated carbocycles. The minimum absolute atomic E-state index is 0.0600. The molecular formula is C14H19FN2O3. The maximum absolute atomic E-state index is 13.0. The first kappa shape index (κ1) is 16.1. The van der Waals surface area contributed by atoms with E-state index in [4.69, 9.17) is 4.74 Å². The fourth-order valence-electron chi connectivity index (χ4n) is 1.69. The van der Waals surface area contributed by atoms with Gasteiger partial charge in [0.25, 0.3) is 0 Å². The number of nitrogens with zero attached hydrogens (tertiary/aromatic N) is 1. The fourth-order valence-corrected chi connectivity index (χ4v) is 1.69. The Labute approximate surface area is 117 Å². The summed E-state index contributed by atoms with van der Waals surface area (Å²) in [6.07, 6.45) is 0.656. The van der Waals surface area contributed by atoms with Crippen LogP contribution in [0.2, 0.25) is 0 Å². The standard InChI is InChI=1S/C14H19FN2O3/c1-11(18)17(7-4-8-20-2)10-14(19)16-13-6-3-5-12(15)9-13/h3,5-6,9H,4,7-8,10H2,1-2H3,(H,16,19). The molecule has 0 atom stereocenters. The first-order valence-electron chi connectivity index (χ1n) is 6.33. The van der Waals surface area contributed by atoms with E-state index in [1.54, 1.807) is 13.2 Å². The summed E-state index contributed by atoms with van der Waals surface area (Å²) in [5.41, 5.74) is 0.371. The molecule has 1 N–H and O–H groups in total. The smallest absolute Gasteiger partial charge is 0.243 e. The number of nitrogens with one attached hydrogen (secondary N) is 1. The van der Waals surface area contributed by atoms with Crippen LogP contribution in [0.5, 0.6) is 0 Å². The zero-order chi connectivity index (χ0) is 15.0. The SMILES string of the molecule is COCCCN(CC(=O)Nc1cccc(F)c1)C(C)=O. The van der Waals surface area contributed by atoms with Crippen LogP contribution in [0.4, 0.5) is 10.1 Å². The summed E-state index contributed by atoms with van der Waals surface area (Å²) in [6, 6.07) is 5.61. The van der Waals surface area contributed by atoms with E-state index in [0.29, 0.717) is 25.3 Å². The molecule has 0 spiro atoms. The minimum atomic E-state index is -0.425. The van der Waals surface area contributed by atoms with Gasteiger partial charge in [-0.3, -0.25) is 9.59 Å². The molecule has 0 aliphatic rings. The first-order valence-corrected chi connectivity index (χ1v) is 6.33. The molecule has 0 aliphatic carbocycles. The molecule has 0 aliphatic heterocycles. The van der Waals surface area contributed by atoms with Crippen LogP contribution in [0.1, 0.15) is 13.3 Å². The number of rotatable bonds is 7. The molecule has 2 amide bonds. The number of hydrogen-bond acceptors (Lipinski definition) is 3. The minimum Gasteiger partial charge on any atom is -0.385 e. The van der Waals surface area contributed by atoms with Crippen molar-refractivity contribution in [3.63, 3.8) is 0 Å². The molecule has 0 aromatic heterocycles. The van der Waals surface area contributed by atoms with Crippen LogP contribution < -0.4 is 5.32 Å². The fraction of sp³-hybridized carbons (Fsp3) is 0.429. The van der Waals surface area contributed by atoms with Gasteiger partial charge in [-0.2, -0.15) is 0 Å². The lowest BCUT2D eigenvalue weighted by molar-refractivity contribution is -0.132. The zero-order valence-electron chi connectivity index (χ0n) is 11.7. The van der Waals surface area contributed by atoms with Crippen molar-refractivity contribution in [2.45, 2.75) is 13.3 Å². The van der Waals surface area contributed by atoms with Gasteiger partial charge in [0.1, 0.15) is 5.82 Å². The summed E-state index contributed by atoms with van der Waals surface area (Å²) in [7, 11) is 1.58. The second kappa shape index (κ2) is 8.27. The quantitative estimate of drug-likeness (QED) is 0.774. The van der Waals surface area contributed by atoms with Crippen molar-refractivity contribution in [1.29, 1.82) is 0 Å². The normalized spacial score (nSPS) is 10.2. The van der Waals surface area contributed by atoms with Crippen LogP contribution in [0, 0.1) is 5.82 Å². The van der Waals surface area contributed by atoms with Gasteiger partial charge in [0.2, 0.25) is 11.8 Å². The monoisotopic (exact) mass is 282 g/mol. The summed E-state index contributed by atoms with van der Waals surface area (Å²) in [4.78, 5) is 24.7. The van der Waals surface area contributed by atoms with Gasteiger partial charge in [-0.1, -0.05) is 6.07 Å². The number of amides is 2. The molecule has 0 radical (unpaired) electrons. The first-order chi connectivity index (χ1) is 9.52. The molecule has 5 nitrogen and oxygen atoms in total. The highest BCUT2D eigenvalue weighted by Gasteiger charge is 2.13. The molecule has 1 aromatic rings. The van der Waals surface area contributed by atoms with Gasteiger partial charge in [0, 0.05) is 32.9 Å². The van der Waals surface area contributed by atoms with E-state index in [1.165, 1.54) is 30.0 Å². The molecule has 0 heterocycles. The third-order valence-corrected chi connectivity index (χ3v) is 2.66. The lowest BCUT2D eigenvalue weighted by Crippen LogP contribution is -2.37. The Bertz CT molecular complexity index is 465. The predicted molar refractivity (Wildman–Crippen MR) is 73.8 cm³/mol. The highest BCUT2D eigenvalue weighted by Crippen LogP contribution is 2.09. The summed E-state index contributed by atoms with van der Waals surface area (Å²) in [5, 5.41) is 2.55. The number of anilines is 1. The van der Waals surface area contributed by atoms with Crippen LogP contribution in [0.15, 0.2) is 24.3 Å². The molecule has 20 heavy (non-hydrogen) atoms. The molecule has 6 heteroatoms. The van der Waals surface area contributed by atoms with Crippen molar-refractivity contribution in [2.75, 3.05) is 32.1 Å². The molecule has 0 unspecified atom stereocenters. The van der Waals surface area contributed by atoms with Crippen LogP contribution in [0.3, 0.4) is 0 Å². The van der Waals surface area contributed by atoms with Gasteiger partial charge in [-0.05, 0) is 24.6 Å². The summed E-state index contributed by atoms with van der Waals surface area (Å²) >= 11 is 0. The van der Waals surface area contributed by atoms with Crippen LogP contribution in [-0.2, 0) is 14.3 Å². The van der Waals surface area contributed by atoms with Crippen LogP contribution >= 0.6 is 0 Å². The van der Waals surface area contributed by atoms with Crippen molar-refractivity contribution < 1.29 is 18.7 Å². The molecule has 0 fully saturated rings. The van der Waals surface area contributed by atoms with Crippen LogP contribution in [-0.4, -0.2) is 43.5 Å². The van der Waals surface area contributed by atoms with Gasteiger partial charge in [-0.25, -0.2) is 4.39 Å². The van der Waals surface area contributed by atoms with Crippen molar-refractivity contribution in [1.82, 2.24) is 4.90 Å². The van der Waals surface area contributed by atoms with Gasteiger partial charge in [-0.15, -0.1) is 0 Å². The average Bonchev–Trinajstić information content (AvgIpc) is 2.37. The highest BCUT2D eigenvalue weighted by molar-refractivity contribution is 5.94. The molecular weight excluding hydrogens is 263 g/mol. The zero-order valence-corrected chi connectivity index (χ0v) is 11.7. The predicted octanol–water partition coefficient (Wildman–Crippen LogP) is 1.65. The number of ether oxygens (including phenoxy) is 1. The number of carbonyl (C=O) groups excluding carboxylic acids is 2. The van der Waals surface area contributed by atoms with E-state index >= 15 is 0 Å². The summed E-state index contributed by atoms with van der Waals surface area (Å²) < 4.78 is 17.9. The third-order valence-electron chi connectivity index (χ3n) is 2.66. The number of methoxy groups -OCH3 is 1. The Kier molecular flexibility index (Phi) is 6.66. The van der Waals surface area contributed by atoms with Crippen LogP contribution in [0.25, 0.3) is 0 Å². The number of benzene rings is 1. The van der Waals surface area contributed by atoms with Crippen molar-refractivity contribution in [2.24, 2.45) is 0 Å². The van der Waals surface area contributed by atoms with E-state index in [1.807, 2.05) is 0 Å². The lowest BCUT2D eigenvalue weighted by atomic mass is 10.3. The van der Waals surface area contributed by atoms with Crippen molar-refractivity contribution in [3.8, 4) is 0 Å².